The second-order valence-corrected chi connectivity index (χ2v) is 5.86. The van der Waals surface area contributed by atoms with Crippen LogP contribution in [0.25, 0.3) is 11.4 Å². The molecule has 0 aliphatic carbocycles. The largest absolute Gasteiger partial charge is 0.486 e. The van der Waals surface area contributed by atoms with E-state index in [0.717, 1.165) is 6.07 Å². The van der Waals surface area contributed by atoms with E-state index in [2.05, 4.69) is 10.1 Å². The van der Waals surface area contributed by atoms with Crippen LogP contribution in [0, 0.1) is 15.9 Å². The van der Waals surface area contributed by atoms with Gasteiger partial charge in [0.1, 0.15) is 24.6 Å². The minimum atomic E-state index is -0.963. The van der Waals surface area contributed by atoms with E-state index >= 15 is 0 Å². The summed E-state index contributed by atoms with van der Waals surface area (Å²) in [6, 6.07) is 7.74. The predicted octanol–water partition coefficient (Wildman–Crippen LogP) is 2.91. The first kappa shape index (κ1) is 18.3. The van der Waals surface area contributed by atoms with Crippen LogP contribution in [0.4, 0.5) is 10.1 Å². The third-order valence-electron chi connectivity index (χ3n) is 3.97. The van der Waals surface area contributed by atoms with Crippen molar-refractivity contribution in [1.82, 2.24) is 10.1 Å². The quantitative estimate of drug-likeness (QED) is 0.360. The van der Waals surface area contributed by atoms with Gasteiger partial charge < -0.3 is 18.7 Å². The molecule has 2 aromatic carbocycles. The van der Waals surface area contributed by atoms with Crippen LogP contribution in [0.3, 0.4) is 0 Å². The maximum absolute atomic E-state index is 13.0. The molecule has 0 fully saturated rings. The first-order valence-corrected chi connectivity index (χ1v) is 8.35. The van der Waals surface area contributed by atoms with Gasteiger partial charge in [-0.3, -0.25) is 10.1 Å². The van der Waals surface area contributed by atoms with Crippen LogP contribution in [0.1, 0.15) is 16.2 Å². The number of nitrogens with zero attached hydrogens (tertiary/aromatic N) is 3. The summed E-state index contributed by atoms with van der Waals surface area (Å²) < 4.78 is 33.7. The van der Waals surface area contributed by atoms with Crippen LogP contribution >= 0.6 is 0 Å². The van der Waals surface area contributed by atoms with Crippen LogP contribution in [-0.4, -0.2) is 34.2 Å². The number of ether oxygens (including phenoxy) is 3. The van der Waals surface area contributed by atoms with Crippen molar-refractivity contribution in [2.24, 2.45) is 0 Å². The average molecular weight is 401 g/mol. The summed E-state index contributed by atoms with van der Waals surface area (Å²) >= 11 is 0. The lowest BCUT2D eigenvalue weighted by atomic mass is 10.1. The van der Waals surface area contributed by atoms with E-state index in [0.29, 0.717) is 5.56 Å². The molecular formula is C18H12FN3O7. The Bertz CT molecular complexity index is 1080. The Kier molecular flexibility index (Phi) is 4.77. The molecule has 148 valence electrons. The molecule has 1 aliphatic heterocycles. The SMILES string of the molecule is O=C(OCc1nc(-c2ccc(F)cc2)no1)c1cc2c(cc1[N+](=O)[O-])OCCO2. The number of fused-ring (bicyclic) bond motifs is 1. The van der Waals surface area contributed by atoms with Gasteiger partial charge in [-0.25, -0.2) is 9.18 Å². The molecule has 0 bridgehead atoms. The summed E-state index contributed by atoms with van der Waals surface area (Å²) in [6.45, 7) is 0.105. The van der Waals surface area contributed by atoms with Crippen molar-refractivity contribution in [3.63, 3.8) is 0 Å². The molecule has 4 rings (SSSR count). The number of halogens is 1. The van der Waals surface area contributed by atoms with E-state index in [-0.39, 0.29) is 42.0 Å². The molecule has 0 atom stereocenters. The lowest BCUT2D eigenvalue weighted by Crippen LogP contribution is -2.17. The standard InChI is InChI=1S/C18H12FN3O7/c19-11-3-1-10(2-4-11)17-20-16(29-21-17)9-28-18(23)12-7-14-15(27-6-5-26-14)8-13(12)22(24)25/h1-4,7-8H,5-6,9H2. The molecule has 0 unspecified atom stereocenters. The fourth-order valence-electron chi connectivity index (χ4n) is 2.63. The van der Waals surface area contributed by atoms with Crippen LogP contribution in [-0.2, 0) is 11.3 Å². The molecule has 0 amide bonds. The number of esters is 1. The second-order valence-electron chi connectivity index (χ2n) is 5.86. The van der Waals surface area contributed by atoms with E-state index in [4.69, 9.17) is 18.7 Å². The predicted molar refractivity (Wildman–Crippen MR) is 92.9 cm³/mol. The summed E-state index contributed by atoms with van der Waals surface area (Å²) in [7, 11) is 0. The molecule has 0 radical (unpaired) electrons. The topological polar surface area (TPSA) is 127 Å². The summed E-state index contributed by atoms with van der Waals surface area (Å²) in [5.41, 5.74) is -0.260. The number of benzene rings is 2. The molecule has 0 saturated carbocycles. The molecule has 0 N–H and O–H groups in total. The lowest BCUT2D eigenvalue weighted by Gasteiger charge is -2.18. The highest BCUT2D eigenvalue weighted by molar-refractivity contribution is 5.95. The fourth-order valence-corrected chi connectivity index (χ4v) is 2.63. The van der Waals surface area contributed by atoms with E-state index in [1.54, 1.807) is 0 Å². The van der Waals surface area contributed by atoms with Gasteiger partial charge in [-0.15, -0.1) is 0 Å². The summed E-state index contributed by atoms with van der Waals surface area (Å²) in [5, 5.41) is 15.0. The Morgan fingerprint density at radius 1 is 1.17 bits per heavy atom. The zero-order valence-electron chi connectivity index (χ0n) is 14.7. The van der Waals surface area contributed by atoms with Gasteiger partial charge in [0.15, 0.2) is 18.1 Å². The van der Waals surface area contributed by atoms with Crippen molar-refractivity contribution in [2.45, 2.75) is 6.61 Å². The van der Waals surface area contributed by atoms with Crippen molar-refractivity contribution in [3.8, 4) is 22.9 Å². The smallest absolute Gasteiger partial charge is 0.345 e. The van der Waals surface area contributed by atoms with Crippen LogP contribution in [0.15, 0.2) is 40.9 Å². The monoisotopic (exact) mass is 401 g/mol. The molecule has 10 nitrogen and oxygen atoms in total. The van der Waals surface area contributed by atoms with Gasteiger partial charge in [0.05, 0.1) is 11.0 Å². The highest BCUT2D eigenvalue weighted by Gasteiger charge is 2.27. The molecule has 1 aliphatic rings. The second kappa shape index (κ2) is 7.54. The average Bonchev–Trinajstić information content (AvgIpc) is 3.20. The number of carbonyl (C=O) groups excluding carboxylic acids is 1. The molecule has 2 heterocycles. The van der Waals surface area contributed by atoms with Gasteiger partial charge >= 0.3 is 5.97 Å². The zero-order chi connectivity index (χ0) is 20.4. The fraction of sp³-hybridized carbons (Fsp3) is 0.167. The normalized spacial score (nSPS) is 12.4. The van der Waals surface area contributed by atoms with Crippen LogP contribution in [0.5, 0.6) is 11.5 Å². The Morgan fingerprint density at radius 3 is 2.55 bits per heavy atom. The first-order chi connectivity index (χ1) is 14.0. The van der Waals surface area contributed by atoms with Crippen LogP contribution in [0.2, 0.25) is 0 Å². The van der Waals surface area contributed by atoms with E-state index < -0.39 is 29.0 Å². The third-order valence-corrected chi connectivity index (χ3v) is 3.97. The molecule has 29 heavy (non-hydrogen) atoms. The molecule has 11 heteroatoms. The van der Waals surface area contributed by atoms with Gasteiger partial charge in [0, 0.05) is 11.6 Å². The van der Waals surface area contributed by atoms with Crippen molar-refractivity contribution in [1.29, 1.82) is 0 Å². The van der Waals surface area contributed by atoms with Gasteiger partial charge in [0.25, 0.3) is 11.6 Å². The minimum Gasteiger partial charge on any atom is -0.486 e. The molecular weight excluding hydrogens is 389 g/mol. The molecule has 3 aromatic rings. The van der Waals surface area contributed by atoms with Crippen LogP contribution < -0.4 is 9.47 Å². The number of hydrogen-bond donors (Lipinski definition) is 0. The summed E-state index contributed by atoms with van der Waals surface area (Å²) in [5.74, 6) is -0.826. The Balaban J connectivity index is 1.50. The molecule has 1 aromatic heterocycles. The zero-order valence-corrected chi connectivity index (χ0v) is 14.7. The molecule has 0 spiro atoms. The van der Waals surface area contributed by atoms with E-state index in [9.17, 15) is 19.3 Å². The van der Waals surface area contributed by atoms with Crippen molar-refractivity contribution in [3.05, 3.63) is 63.8 Å². The summed E-state index contributed by atoms with van der Waals surface area (Å²) in [4.78, 5) is 27.0. The van der Waals surface area contributed by atoms with Gasteiger partial charge in [-0.05, 0) is 24.3 Å². The van der Waals surface area contributed by atoms with Crippen molar-refractivity contribution >= 4 is 11.7 Å². The number of nitro benzene ring substituents is 1. The Hall–Kier alpha value is -4.02. The third kappa shape index (κ3) is 3.83. The summed E-state index contributed by atoms with van der Waals surface area (Å²) in [6.07, 6.45) is 0. The lowest BCUT2D eigenvalue weighted by molar-refractivity contribution is -0.385. The highest BCUT2D eigenvalue weighted by Crippen LogP contribution is 2.37. The minimum absolute atomic E-state index is 0.0297. The van der Waals surface area contributed by atoms with Crippen molar-refractivity contribution < 1.29 is 32.8 Å². The van der Waals surface area contributed by atoms with E-state index in [1.807, 2.05) is 0 Å². The van der Waals surface area contributed by atoms with E-state index in [1.165, 1.54) is 30.3 Å². The number of carbonyl (C=O) groups is 1. The first-order valence-electron chi connectivity index (χ1n) is 8.35. The number of aromatic nitrogens is 2. The number of rotatable bonds is 5. The Labute approximate surface area is 162 Å². The van der Waals surface area contributed by atoms with Gasteiger partial charge in [-0.1, -0.05) is 5.16 Å². The maximum Gasteiger partial charge on any atom is 0.345 e. The van der Waals surface area contributed by atoms with Crippen molar-refractivity contribution in [2.75, 3.05) is 13.2 Å². The van der Waals surface area contributed by atoms with Gasteiger partial charge in [-0.2, -0.15) is 4.98 Å². The maximum atomic E-state index is 13.0. The molecule has 0 saturated heterocycles. The number of hydrogen-bond acceptors (Lipinski definition) is 9. The Morgan fingerprint density at radius 2 is 1.86 bits per heavy atom. The van der Waals surface area contributed by atoms with Gasteiger partial charge in [0.2, 0.25) is 5.82 Å². The highest BCUT2D eigenvalue weighted by atomic mass is 19.1. The number of nitro groups is 1.